The number of hydrogen-bond donors (Lipinski definition) is 2. The molecule has 0 atom stereocenters. The van der Waals surface area contributed by atoms with Gasteiger partial charge in [0.15, 0.2) is 5.82 Å². The van der Waals surface area contributed by atoms with E-state index in [1.807, 2.05) is 0 Å². The Kier molecular flexibility index (Phi) is 8.23. The molecule has 204 valence electrons. The number of fused-ring (bicyclic) bond motifs is 1. The first-order valence-corrected chi connectivity index (χ1v) is 13.5. The van der Waals surface area contributed by atoms with Crippen LogP contribution in [0.15, 0.2) is 24.4 Å². The second kappa shape index (κ2) is 12.0. The number of carbonyl (C=O) groups is 2. The van der Waals surface area contributed by atoms with Crippen LogP contribution >= 0.6 is 0 Å². The molecule has 0 bridgehead atoms. The van der Waals surface area contributed by atoms with Crippen LogP contribution in [0.2, 0.25) is 0 Å². The average Bonchev–Trinajstić information content (AvgIpc) is 3.44. The van der Waals surface area contributed by atoms with Crippen LogP contribution in [-0.4, -0.2) is 92.8 Å². The van der Waals surface area contributed by atoms with Gasteiger partial charge in [-0.2, -0.15) is 4.98 Å². The number of benzene rings is 1. The first-order chi connectivity index (χ1) is 18.5. The fourth-order valence-electron chi connectivity index (χ4n) is 5.38. The van der Waals surface area contributed by atoms with E-state index in [2.05, 4.69) is 25.4 Å². The maximum Gasteiger partial charge on any atom is 0.251 e. The number of morpholine rings is 1. The maximum absolute atomic E-state index is 12.7. The zero-order chi connectivity index (χ0) is 26.5. The summed E-state index contributed by atoms with van der Waals surface area (Å²) in [6.07, 6.45) is 6.76. The van der Waals surface area contributed by atoms with E-state index in [0.717, 1.165) is 57.2 Å². The number of anilines is 4. The molecule has 2 amide bonds. The van der Waals surface area contributed by atoms with Gasteiger partial charge in [-0.3, -0.25) is 14.5 Å². The molecule has 2 aromatic rings. The number of methoxy groups -OCH3 is 1. The Morgan fingerprint density at radius 2 is 1.97 bits per heavy atom. The van der Waals surface area contributed by atoms with E-state index >= 15 is 0 Å². The number of carbonyl (C=O) groups excluding carboxylic acids is 2. The highest BCUT2D eigenvalue weighted by molar-refractivity contribution is 5.97. The SMILES string of the molecule is COc1cc(C(=O)NCCN2CCOCC2)ccc1Nc1ncc2c(n1)N(C1CCCC1)CCC(=O)N2C. The number of nitrogens with zero attached hydrogens (tertiary/aromatic N) is 5. The van der Waals surface area contributed by atoms with E-state index in [1.54, 1.807) is 43.5 Å². The monoisotopic (exact) mass is 523 g/mol. The number of rotatable bonds is 8. The van der Waals surface area contributed by atoms with Gasteiger partial charge >= 0.3 is 0 Å². The van der Waals surface area contributed by atoms with Crippen molar-refractivity contribution in [1.29, 1.82) is 0 Å². The third-order valence-corrected chi connectivity index (χ3v) is 7.62. The minimum absolute atomic E-state index is 0.0662. The number of amides is 2. The fraction of sp³-hybridized carbons (Fsp3) is 0.556. The second-order valence-electron chi connectivity index (χ2n) is 9.99. The van der Waals surface area contributed by atoms with E-state index in [0.29, 0.717) is 48.5 Å². The maximum atomic E-state index is 12.7. The minimum Gasteiger partial charge on any atom is -0.495 e. The Bertz CT molecular complexity index is 1150. The van der Waals surface area contributed by atoms with Gasteiger partial charge in [-0.25, -0.2) is 4.98 Å². The van der Waals surface area contributed by atoms with E-state index in [9.17, 15) is 9.59 Å². The molecule has 3 heterocycles. The minimum atomic E-state index is -0.149. The number of aromatic nitrogens is 2. The Hall–Kier alpha value is -3.44. The van der Waals surface area contributed by atoms with Gasteiger partial charge in [-0.05, 0) is 31.0 Å². The van der Waals surface area contributed by atoms with Gasteiger partial charge in [0.2, 0.25) is 11.9 Å². The molecule has 11 nitrogen and oxygen atoms in total. The van der Waals surface area contributed by atoms with E-state index in [1.165, 1.54) is 12.8 Å². The van der Waals surface area contributed by atoms with Gasteiger partial charge in [0.1, 0.15) is 11.4 Å². The quantitative estimate of drug-likeness (QED) is 0.539. The lowest BCUT2D eigenvalue weighted by molar-refractivity contribution is -0.118. The summed E-state index contributed by atoms with van der Waals surface area (Å²) in [5, 5.41) is 6.24. The van der Waals surface area contributed by atoms with Gasteiger partial charge < -0.3 is 29.9 Å². The molecule has 3 aliphatic rings. The Morgan fingerprint density at radius 1 is 1.18 bits per heavy atom. The van der Waals surface area contributed by atoms with Crippen molar-refractivity contribution >= 4 is 35.0 Å². The average molecular weight is 524 g/mol. The Balaban J connectivity index is 1.30. The smallest absolute Gasteiger partial charge is 0.251 e. The lowest BCUT2D eigenvalue weighted by Gasteiger charge is -2.30. The highest BCUT2D eigenvalue weighted by atomic mass is 16.5. The van der Waals surface area contributed by atoms with Crippen LogP contribution in [0.25, 0.3) is 0 Å². The van der Waals surface area contributed by atoms with Crippen molar-refractivity contribution in [2.24, 2.45) is 0 Å². The summed E-state index contributed by atoms with van der Waals surface area (Å²) in [7, 11) is 3.35. The first-order valence-electron chi connectivity index (χ1n) is 13.5. The topological polar surface area (TPSA) is 112 Å². The zero-order valence-corrected chi connectivity index (χ0v) is 22.2. The number of nitrogens with one attached hydrogen (secondary N) is 2. The Labute approximate surface area is 223 Å². The summed E-state index contributed by atoms with van der Waals surface area (Å²) >= 11 is 0. The molecule has 1 aromatic heterocycles. The van der Waals surface area contributed by atoms with Crippen molar-refractivity contribution in [2.75, 3.05) is 75.2 Å². The molecule has 0 spiro atoms. The molecule has 1 aromatic carbocycles. The van der Waals surface area contributed by atoms with Crippen LogP contribution in [-0.2, 0) is 9.53 Å². The summed E-state index contributed by atoms with van der Waals surface area (Å²) in [5.41, 5.74) is 1.90. The van der Waals surface area contributed by atoms with Gasteiger partial charge in [0.25, 0.3) is 5.91 Å². The molecule has 38 heavy (non-hydrogen) atoms. The zero-order valence-electron chi connectivity index (χ0n) is 22.2. The molecule has 1 saturated carbocycles. The Morgan fingerprint density at radius 3 is 2.74 bits per heavy atom. The number of hydrogen-bond acceptors (Lipinski definition) is 9. The van der Waals surface area contributed by atoms with E-state index in [-0.39, 0.29) is 11.8 Å². The molecule has 1 aliphatic carbocycles. The second-order valence-corrected chi connectivity index (χ2v) is 9.99. The van der Waals surface area contributed by atoms with Crippen LogP contribution < -0.4 is 25.2 Å². The third kappa shape index (κ3) is 5.83. The normalized spacial score (nSPS) is 18.7. The first kappa shape index (κ1) is 26.2. The summed E-state index contributed by atoms with van der Waals surface area (Å²) < 4.78 is 11.0. The molecule has 2 fully saturated rings. The predicted octanol–water partition coefficient (Wildman–Crippen LogP) is 2.41. The van der Waals surface area contributed by atoms with Crippen molar-refractivity contribution in [1.82, 2.24) is 20.2 Å². The summed E-state index contributed by atoms with van der Waals surface area (Å²) in [5.74, 6) is 1.62. The fourth-order valence-corrected chi connectivity index (χ4v) is 5.38. The van der Waals surface area contributed by atoms with Crippen LogP contribution in [0.5, 0.6) is 5.75 Å². The van der Waals surface area contributed by atoms with Crippen LogP contribution in [0, 0.1) is 0 Å². The van der Waals surface area contributed by atoms with Crippen LogP contribution in [0.3, 0.4) is 0 Å². The van der Waals surface area contributed by atoms with Crippen molar-refractivity contribution in [3.8, 4) is 5.75 Å². The molecular formula is C27H37N7O4. The van der Waals surface area contributed by atoms with Gasteiger partial charge in [0.05, 0.1) is 32.2 Å². The van der Waals surface area contributed by atoms with E-state index in [4.69, 9.17) is 14.5 Å². The molecule has 2 N–H and O–H groups in total. The van der Waals surface area contributed by atoms with Crippen molar-refractivity contribution < 1.29 is 19.1 Å². The van der Waals surface area contributed by atoms with Crippen molar-refractivity contribution in [3.63, 3.8) is 0 Å². The molecule has 1 saturated heterocycles. The molecule has 11 heteroatoms. The van der Waals surface area contributed by atoms with Gasteiger partial charge in [-0.1, -0.05) is 12.8 Å². The molecule has 5 rings (SSSR count). The summed E-state index contributed by atoms with van der Waals surface area (Å²) in [6, 6.07) is 5.66. The third-order valence-electron chi connectivity index (χ3n) is 7.62. The summed E-state index contributed by atoms with van der Waals surface area (Å²) in [6.45, 7) is 5.26. The van der Waals surface area contributed by atoms with Gasteiger partial charge in [-0.15, -0.1) is 0 Å². The molecule has 0 radical (unpaired) electrons. The number of ether oxygens (including phenoxy) is 2. The molecular weight excluding hydrogens is 486 g/mol. The molecule has 2 aliphatic heterocycles. The summed E-state index contributed by atoms with van der Waals surface area (Å²) in [4.78, 5) is 40.9. The standard InChI is InChI=1S/C27H37N7O4/c1-32-22-18-29-27(31-25(22)34(11-9-24(32)35)20-5-3-4-6-20)30-21-8-7-19(17-23(21)37-2)26(36)28-10-12-33-13-15-38-16-14-33/h7-8,17-18,20H,3-6,9-16H2,1-2H3,(H,28,36)(H,29,30,31). The highest BCUT2D eigenvalue weighted by Crippen LogP contribution is 2.37. The van der Waals surface area contributed by atoms with Gasteiger partial charge in [0, 0.05) is 57.8 Å². The van der Waals surface area contributed by atoms with E-state index < -0.39 is 0 Å². The van der Waals surface area contributed by atoms with Crippen molar-refractivity contribution in [2.45, 2.75) is 38.1 Å². The predicted molar refractivity (Wildman–Crippen MR) is 146 cm³/mol. The van der Waals surface area contributed by atoms with Crippen molar-refractivity contribution in [3.05, 3.63) is 30.0 Å². The van der Waals surface area contributed by atoms with Crippen LogP contribution in [0.1, 0.15) is 42.5 Å². The largest absolute Gasteiger partial charge is 0.495 e. The molecule has 0 unspecified atom stereocenters. The van der Waals surface area contributed by atoms with Crippen LogP contribution in [0.4, 0.5) is 23.1 Å². The lowest BCUT2D eigenvalue weighted by Crippen LogP contribution is -2.41. The lowest BCUT2D eigenvalue weighted by atomic mass is 10.1. The highest BCUT2D eigenvalue weighted by Gasteiger charge is 2.31.